The summed E-state index contributed by atoms with van der Waals surface area (Å²) in [6.07, 6.45) is 10.7. The fourth-order valence-electron chi connectivity index (χ4n) is 9.64. The average molecular weight is 989 g/mol. The molecule has 6 aromatic heterocycles. The zero-order chi connectivity index (χ0) is 49.8. The van der Waals surface area contributed by atoms with E-state index in [1.54, 1.807) is 72.4 Å². The fourth-order valence-corrected chi connectivity index (χ4v) is 9.64. The van der Waals surface area contributed by atoms with Gasteiger partial charge in [-0.1, -0.05) is 0 Å². The largest absolute Gasteiger partial charge is 0.495 e. The number of aromatic nitrogens is 6. The Morgan fingerprint density at radius 2 is 1.14 bits per heavy atom. The van der Waals surface area contributed by atoms with Crippen LogP contribution in [0, 0.1) is 0 Å². The molecule has 4 aliphatic rings. The van der Waals surface area contributed by atoms with Crippen LogP contribution in [0.3, 0.4) is 0 Å². The van der Waals surface area contributed by atoms with Gasteiger partial charge in [0.05, 0.1) is 85.6 Å². The number of carbonyl (C=O) groups is 1. The standard InChI is InChI=1S/C28H35N5O6.C24H29N5O4/c1-3-37-28(35)19-32(18-20-14-25-26(17-29-20)39-13-12-38-25)21-6-8-31(9-7-21)10-11-33-24-15-22(36-2)16-30-23(24)4-5-27(33)34;1-31-19-13-21-20(27-15-19)2-3-24(30)29(21)9-8-28-6-4-17(5-7-28)25-14-18-12-22-23(16-26-18)33-11-10-32-22/h4-5,14-17,21H,3,6-13,18-19H2,1-2H3;2-3,12-13,15-17,25H,4-11,14H2,1H3. The first-order valence-electron chi connectivity index (χ1n) is 24.9. The van der Waals surface area contributed by atoms with Crippen LogP contribution in [-0.2, 0) is 35.7 Å². The molecular formula is C52H64N10O10. The number of hydrogen-bond donors (Lipinski definition) is 1. The highest BCUT2D eigenvalue weighted by atomic mass is 16.6. The number of pyridine rings is 6. The van der Waals surface area contributed by atoms with Gasteiger partial charge in [-0.2, -0.15) is 0 Å². The first-order valence-corrected chi connectivity index (χ1v) is 24.9. The minimum absolute atomic E-state index is 0.0129. The molecule has 0 aliphatic carbocycles. The second kappa shape index (κ2) is 24.0. The van der Waals surface area contributed by atoms with E-state index < -0.39 is 0 Å². The molecule has 0 radical (unpaired) electrons. The molecule has 0 spiro atoms. The molecule has 0 bridgehead atoms. The summed E-state index contributed by atoms with van der Waals surface area (Å²) in [5.74, 6) is 3.87. The summed E-state index contributed by atoms with van der Waals surface area (Å²) in [5.41, 5.74) is 4.85. The number of likely N-dealkylation sites (tertiary alicyclic amines) is 2. The summed E-state index contributed by atoms with van der Waals surface area (Å²) in [4.78, 5) is 62.4. The van der Waals surface area contributed by atoms with Gasteiger partial charge in [0, 0.05) is 87.8 Å². The number of esters is 1. The Labute approximate surface area is 417 Å². The molecule has 0 amide bonds. The monoisotopic (exact) mass is 988 g/mol. The normalized spacial score (nSPS) is 16.3. The zero-order valence-electron chi connectivity index (χ0n) is 41.3. The summed E-state index contributed by atoms with van der Waals surface area (Å²) >= 11 is 0. The summed E-state index contributed by atoms with van der Waals surface area (Å²) < 4.78 is 41.9. The lowest BCUT2D eigenvalue weighted by molar-refractivity contribution is -0.145. The van der Waals surface area contributed by atoms with Crippen LogP contribution in [0.15, 0.2) is 82.9 Å². The van der Waals surface area contributed by atoms with Crippen molar-refractivity contribution >= 4 is 28.0 Å². The van der Waals surface area contributed by atoms with Crippen LogP contribution < -0.4 is 44.9 Å². The molecule has 0 atom stereocenters. The SMILES string of the molecule is CCOC(=O)CN(Cc1cc2c(cn1)OCCO2)C1CCN(CCn2c(=O)ccc3ncc(OC)cc32)CC1.COc1cnc2ccc(=O)n(CCN3CCC(NCc4cc5c(cn4)OCCO5)CC3)c2c1. The van der Waals surface area contributed by atoms with Gasteiger partial charge < -0.3 is 57.4 Å². The van der Waals surface area contributed by atoms with Gasteiger partial charge in [-0.25, -0.2) is 0 Å². The first-order chi connectivity index (χ1) is 35.2. The molecule has 1 N–H and O–H groups in total. The minimum Gasteiger partial charge on any atom is -0.495 e. The van der Waals surface area contributed by atoms with E-state index in [2.05, 4.69) is 40.0 Å². The van der Waals surface area contributed by atoms with E-state index in [0.29, 0.717) is 88.3 Å². The van der Waals surface area contributed by atoms with Crippen LogP contribution >= 0.6 is 0 Å². The smallest absolute Gasteiger partial charge is 0.320 e. The molecule has 20 heteroatoms. The van der Waals surface area contributed by atoms with Gasteiger partial charge in [0.1, 0.15) is 37.9 Å². The number of fused-ring (bicyclic) bond motifs is 4. The lowest BCUT2D eigenvalue weighted by Crippen LogP contribution is -2.47. The zero-order valence-corrected chi connectivity index (χ0v) is 41.3. The first kappa shape index (κ1) is 50.1. The van der Waals surface area contributed by atoms with Crippen molar-refractivity contribution in [2.24, 2.45) is 0 Å². The van der Waals surface area contributed by atoms with Crippen LogP contribution in [0.1, 0.15) is 44.0 Å². The van der Waals surface area contributed by atoms with E-state index in [0.717, 1.165) is 110 Å². The molecule has 0 unspecified atom stereocenters. The van der Waals surface area contributed by atoms with Gasteiger partial charge in [-0.15, -0.1) is 0 Å². The minimum atomic E-state index is -0.239. The van der Waals surface area contributed by atoms with Crippen molar-refractivity contribution in [3.8, 4) is 34.5 Å². The quantitative estimate of drug-likeness (QED) is 0.129. The molecule has 2 saturated heterocycles. The van der Waals surface area contributed by atoms with Gasteiger partial charge in [-0.05, 0) is 70.9 Å². The summed E-state index contributed by atoms with van der Waals surface area (Å²) in [7, 11) is 3.20. The molecule has 0 saturated carbocycles. The maximum absolute atomic E-state index is 12.7. The molecule has 2 fully saturated rings. The van der Waals surface area contributed by atoms with E-state index in [4.69, 9.17) is 33.2 Å². The number of hydrogen-bond acceptors (Lipinski definition) is 18. The van der Waals surface area contributed by atoms with Crippen LogP contribution in [0.25, 0.3) is 22.1 Å². The number of rotatable bonds is 17. The third kappa shape index (κ3) is 12.6. The molecule has 6 aromatic rings. The van der Waals surface area contributed by atoms with Crippen molar-refractivity contribution in [2.75, 3.05) is 93.1 Å². The number of carbonyl (C=O) groups excluding carboxylic acids is 1. The highest BCUT2D eigenvalue weighted by molar-refractivity contribution is 5.76. The molecule has 72 heavy (non-hydrogen) atoms. The maximum atomic E-state index is 12.7. The predicted octanol–water partition coefficient (Wildman–Crippen LogP) is 3.93. The fraction of sp³-hybridized carbons (Fsp3) is 0.481. The Morgan fingerprint density at radius 3 is 1.67 bits per heavy atom. The molecule has 10 rings (SSSR count). The number of nitrogens with zero attached hydrogens (tertiary/aromatic N) is 9. The Kier molecular flexibility index (Phi) is 16.7. The second-order valence-electron chi connectivity index (χ2n) is 18.1. The Hall–Kier alpha value is -6.87. The second-order valence-corrected chi connectivity index (χ2v) is 18.1. The van der Waals surface area contributed by atoms with Gasteiger partial charge in [-0.3, -0.25) is 39.2 Å². The van der Waals surface area contributed by atoms with Crippen molar-refractivity contribution in [1.82, 2.24) is 49.1 Å². The third-order valence-corrected chi connectivity index (χ3v) is 13.6. The Balaban J connectivity index is 0.000000180. The van der Waals surface area contributed by atoms with E-state index in [1.807, 2.05) is 31.2 Å². The highest BCUT2D eigenvalue weighted by Gasteiger charge is 2.28. The molecule has 10 heterocycles. The average Bonchev–Trinajstić information content (AvgIpc) is 3.42. The highest BCUT2D eigenvalue weighted by Crippen LogP contribution is 2.31. The third-order valence-electron chi connectivity index (χ3n) is 13.6. The van der Waals surface area contributed by atoms with Crippen molar-refractivity contribution in [3.05, 3.63) is 105 Å². The van der Waals surface area contributed by atoms with Crippen molar-refractivity contribution < 1.29 is 38.0 Å². The summed E-state index contributed by atoms with van der Waals surface area (Å²) in [6.45, 7) is 12.2. The Bertz CT molecular complexity index is 2920. The number of piperidine rings is 2. The predicted molar refractivity (Wildman–Crippen MR) is 268 cm³/mol. The molecule has 4 aliphatic heterocycles. The Morgan fingerprint density at radius 1 is 0.639 bits per heavy atom. The number of ether oxygens (including phenoxy) is 7. The number of nitrogens with one attached hydrogen (secondary N) is 1. The van der Waals surface area contributed by atoms with E-state index in [1.165, 1.54) is 0 Å². The molecule has 20 nitrogen and oxygen atoms in total. The number of methoxy groups -OCH3 is 2. The van der Waals surface area contributed by atoms with Crippen LogP contribution in [-0.4, -0.2) is 155 Å². The van der Waals surface area contributed by atoms with Gasteiger partial charge >= 0.3 is 5.97 Å². The molecular weight excluding hydrogens is 925 g/mol. The summed E-state index contributed by atoms with van der Waals surface area (Å²) in [6, 6.07) is 14.9. The lowest BCUT2D eigenvalue weighted by Gasteiger charge is -2.38. The maximum Gasteiger partial charge on any atom is 0.320 e. The van der Waals surface area contributed by atoms with Gasteiger partial charge in [0.25, 0.3) is 11.1 Å². The van der Waals surface area contributed by atoms with E-state index >= 15 is 0 Å². The van der Waals surface area contributed by atoms with Crippen molar-refractivity contribution in [1.29, 1.82) is 0 Å². The molecule has 382 valence electrons. The van der Waals surface area contributed by atoms with Gasteiger partial charge in [0.15, 0.2) is 23.0 Å². The molecule has 0 aromatic carbocycles. The van der Waals surface area contributed by atoms with Crippen LogP contribution in [0.4, 0.5) is 0 Å². The van der Waals surface area contributed by atoms with Crippen LogP contribution in [0.5, 0.6) is 34.5 Å². The van der Waals surface area contributed by atoms with Crippen molar-refractivity contribution in [3.63, 3.8) is 0 Å². The van der Waals surface area contributed by atoms with Gasteiger partial charge in [0.2, 0.25) is 0 Å². The van der Waals surface area contributed by atoms with Crippen molar-refractivity contribution in [2.45, 2.75) is 70.9 Å². The topological polar surface area (TPSA) is 199 Å². The van der Waals surface area contributed by atoms with E-state index in [9.17, 15) is 14.4 Å². The lowest BCUT2D eigenvalue weighted by atomic mass is 10.0. The van der Waals surface area contributed by atoms with E-state index in [-0.39, 0.29) is 29.7 Å². The van der Waals surface area contributed by atoms with Crippen LogP contribution in [0.2, 0.25) is 0 Å². The summed E-state index contributed by atoms with van der Waals surface area (Å²) in [5, 5.41) is 3.62.